The number of fused-ring (bicyclic) bond motifs is 2. The minimum Gasteiger partial charge on any atom is -0.481 e. The van der Waals surface area contributed by atoms with Gasteiger partial charge < -0.3 is 10.0 Å². The number of carboxylic acids is 1. The van der Waals surface area contributed by atoms with Crippen LogP contribution in [0.15, 0.2) is 0 Å². The Morgan fingerprint density at radius 3 is 2.53 bits per heavy atom. The van der Waals surface area contributed by atoms with Gasteiger partial charge in [-0.3, -0.25) is 9.59 Å². The molecule has 0 aromatic carbocycles. The van der Waals surface area contributed by atoms with E-state index in [2.05, 4.69) is 0 Å². The summed E-state index contributed by atoms with van der Waals surface area (Å²) in [5.41, 5.74) is -0.450. The van der Waals surface area contributed by atoms with Crippen LogP contribution in [0.3, 0.4) is 0 Å². The summed E-state index contributed by atoms with van der Waals surface area (Å²) in [4.78, 5) is 25.1. The van der Waals surface area contributed by atoms with Crippen LogP contribution in [-0.2, 0) is 9.59 Å². The van der Waals surface area contributed by atoms with Gasteiger partial charge in [-0.05, 0) is 36.5 Å². The lowest BCUT2D eigenvalue weighted by Gasteiger charge is -2.29. The topological polar surface area (TPSA) is 57.6 Å². The number of carbonyl (C=O) groups is 2. The van der Waals surface area contributed by atoms with Crippen molar-refractivity contribution in [3.05, 3.63) is 0 Å². The SMILES string of the molecule is CC(C)(CC(=O)O)CC(=O)N1CCC2CCC(C2)C1. The zero-order valence-electron chi connectivity index (χ0n) is 12.0. The van der Waals surface area contributed by atoms with Crippen LogP contribution in [0.5, 0.6) is 0 Å². The quantitative estimate of drug-likeness (QED) is 0.851. The molecule has 1 aliphatic carbocycles. The monoisotopic (exact) mass is 267 g/mol. The smallest absolute Gasteiger partial charge is 0.303 e. The first kappa shape index (κ1) is 14.4. The summed E-state index contributed by atoms with van der Waals surface area (Å²) in [5.74, 6) is 0.806. The number of amides is 1. The highest BCUT2D eigenvalue weighted by Crippen LogP contribution is 2.37. The van der Waals surface area contributed by atoms with Gasteiger partial charge in [-0.1, -0.05) is 20.3 Å². The lowest BCUT2D eigenvalue weighted by molar-refractivity contribution is -0.140. The molecule has 2 rings (SSSR count). The summed E-state index contributed by atoms with van der Waals surface area (Å²) >= 11 is 0. The zero-order valence-corrected chi connectivity index (χ0v) is 12.0. The lowest BCUT2D eigenvalue weighted by atomic mass is 9.85. The van der Waals surface area contributed by atoms with E-state index in [4.69, 9.17) is 5.11 Å². The minimum absolute atomic E-state index is 0.0542. The van der Waals surface area contributed by atoms with Crippen LogP contribution < -0.4 is 0 Å². The Labute approximate surface area is 115 Å². The van der Waals surface area contributed by atoms with E-state index in [9.17, 15) is 9.59 Å². The Bertz CT molecular complexity index is 364. The average molecular weight is 267 g/mol. The highest BCUT2D eigenvalue weighted by Gasteiger charge is 2.34. The van der Waals surface area contributed by atoms with Crippen molar-refractivity contribution in [1.29, 1.82) is 0 Å². The van der Waals surface area contributed by atoms with Crippen molar-refractivity contribution in [3.8, 4) is 0 Å². The maximum atomic E-state index is 12.4. The fourth-order valence-corrected chi connectivity index (χ4v) is 3.57. The van der Waals surface area contributed by atoms with Gasteiger partial charge in [0.1, 0.15) is 0 Å². The molecule has 2 bridgehead atoms. The van der Waals surface area contributed by atoms with E-state index in [1.807, 2.05) is 18.7 Å². The molecule has 1 N–H and O–H groups in total. The number of carbonyl (C=O) groups excluding carboxylic acids is 1. The van der Waals surface area contributed by atoms with Gasteiger partial charge in [0.2, 0.25) is 5.91 Å². The van der Waals surface area contributed by atoms with Crippen LogP contribution in [0.25, 0.3) is 0 Å². The lowest BCUT2D eigenvalue weighted by Crippen LogP contribution is -2.38. The average Bonchev–Trinajstić information content (AvgIpc) is 2.54. The third kappa shape index (κ3) is 3.95. The second kappa shape index (κ2) is 5.51. The van der Waals surface area contributed by atoms with Crippen molar-refractivity contribution in [2.75, 3.05) is 13.1 Å². The zero-order chi connectivity index (χ0) is 14.0. The van der Waals surface area contributed by atoms with Crippen molar-refractivity contribution in [2.45, 2.75) is 52.4 Å². The second-order valence-electron chi connectivity index (χ2n) is 7.09. The fourth-order valence-electron chi connectivity index (χ4n) is 3.57. The molecule has 1 heterocycles. The van der Waals surface area contributed by atoms with Gasteiger partial charge in [-0.25, -0.2) is 0 Å². The van der Waals surface area contributed by atoms with Crippen LogP contribution in [0.2, 0.25) is 0 Å². The molecule has 2 aliphatic rings. The van der Waals surface area contributed by atoms with Crippen LogP contribution in [0.1, 0.15) is 52.4 Å². The highest BCUT2D eigenvalue weighted by atomic mass is 16.4. The van der Waals surface area contributed by atoms with Gasteiger partial charge >= 0.3 is 5.97 Å². The molecule has 1 saturated heterocycles. The number of hydrogen-bond donors (Lipinski definition) is 1. The molecule has 19 heavy (non-hydrogen) atoms. The van der Waals surface area contributed by atoms with Gasteiger partial charge in [-0.2, -0.15) is 0 Å². The predicted molar refractivity (Wildman–Crippen MR) is 72.7 cm³/mol. The van der Waals surface area contributed by atoms with Crippen molar-refractivity contribution in [3.63, 3.8) is 0 Å². The summed E-state index contributed by atoms with van der Waals surface area (Å²) in [6.45, 7) is 5.48. The Kier molecular flexibility index (Phi) is 4.16. The Morgan fingerprint density at radius 2 is 1.84 bits per heavy atom. The molecule has 2 unspecified atom stereocenters. The summed E-state index contributed by atoms with van der Waals surface area (Å²) in [7, 11) is 0. The van der Waals surface area contributed by atoms with Crippen molar-refractivity contribution < 1.29 is 14.7 Å². The van der Waals surface area contributed by atoms with Crippen molar-refractivity contribution in [1.82, 2.24) is 4.90 Å². The number of carboxylic acid groups (broad SMARTS) is 1. The molecule has 0 radical (unpaired) electrons. The van der Waals surface area contributed by atoms with E-state index in [0.717, 1.165) is 25.4 Å². The van der Waals surface area contributed by atoms with Crippen LogP contribution in [0, 0.1) is 17.3 Å². The largest absolute Gasteiger partial charge is 0.481 e. The Hall–Kier alpha value is -1.06. The van der Waals surface area contributed by atoms with Crippen molar-refractivity contribution in [2.24, 2.45) is 17.3 Å². The molecule has 1 aliphatic heterocycles. The molecule has 2 fully saturated rings. The Morgan fingerprint density at radius 1 is 1.16 bits per heavy atom. The van der Waals surface area contributed by atoms with Gasteiger partial charge in [0.05, 0.1) is 6.42 Å². The maximum Gasteiger partial charge on any atom is 0.303 e. The predicted octanol–water partition coefficient (Wildman–Crippen LogP) is 2.53. The molecule has 1 saturated carbocycles. The number of nitrogens with zero attached hydrogens (tertiary/aromatic N) is 1. The molecule has 4 nitrogen and oxygen atoms in total. The summed E-state index contributed by atoms with van der Waals surface area (Å²) in [6.07, 6.45) is 5.39. The van der Waals surface area contributed by atoms with E-state index < -0.39 is 11.4 Å². The first-order chi connectivity index (χ1) is 8.85. The molecule has 1 amide bonds. The molecule has 0 aromatic heterocycles. The first-order valence-electron chi connectivity index (χ1n) is 7.35. The summed E-state index contributed by atoms with van der Waals surface area (Å²) in [6, 6.07) is 0. The van der Waals surface area contributed by atoms with Gasteiger partial charge in [-0.15, -0.1) is 0 Å². The maximum absolute atomic E-state index is 12.4. The van der Waals surface area contributed by atoms with E-state index in [1.54, 1.807) is 0 Å². The normalized spacial score (nSPS) is 27.2. The van der Waals surface area contributed by atoms with Crippen LogP contribution in [0.4, 0.5) is 0 Å². The number of rotatable bonds is 4. The first-order valence-corrected chi connectivity index (χ1v) is 7.35. The standard InChI is InChI=1S/C15H25NO3/c1-15(2,9-14(18)19)8-13(17)16-6-5-11-3-4-12(7-11)10-16/h11-12H,3-10H2,1-2H3,(H,18,19). The van der Waals surface area contributed by atoms with Gasteiger partial charge in [0.25, 0.3) is 0 Å². The second-order valence-corrected chi connectivity index (χ2v) is 7.09. The fraction of sp³-hybridized carbons (Fsp3) is 0.867. The van der Waals surface area contributed by atoms with Gasteiger partial charge in [0.15, 0.2) is 0 Å². The Balaban J connectivity index is 1.90. The van der Waals surface area contributed by atoms with Crippen LogP contribution >= 0.6 is 0 Å². The molecule has 4 heteroatoms. The molecule has 2 atom stereocenters. The van der Waals surface area contributed by atoms with Crippen LogP contribution in [-0.4, -0.2) is 35.0 Å². The highest BCUT2D eigenvalue weighted by molar-refractivity contribution is 5.78. The van der Waals surface area contributed by atoms with Gasteiger partial charge in [0, 0.05) is 19.5 Å². The minimum atomic E-state index is -0.826. The number of hydrogen-bond acceptors (Lipinski definition) is 2. The van der Waals surface area contributed by atoms with E-state index >= 15 is 0 Å². The third-order valence-corrected chi connectivity index (χ3v) is 4.55. The molecular formula is C15H25NO3. The third-order valence-electron chi connectivity index (χ3n) is 4.55. The van der Waals surface area contributed by atoms with E-state index in [0.29, 0.717) is 12.3 Å². The van der Waals surface area contributed by atoms with E-state index in [1.165, 1.54) is 19.3 Å². The number of likely N-dealkylation sites (tertiary alicyclic amines) is 1. The molecule has 0 aromatic rings. The van der Waals surface area contributed by atoms with Crippen molar-refractivity contribution >= 4 is 11.9 Å². The summed E-state index contributed by atoms with van der Waals surface area (Å²) in [5, 5.41) is 8.88. The number of aliphatic carboxylic acids is 1. The molecule has 108 valence electrons. The van der Waals surface area contributed by atoms with E-state index in [-0.39, 0.29) is 12.3 Å². The molecule has 0 spiro atoms. The summed E-state index contributed by atoms with van der Waals surface area (Å²) < 4.78 is 0. The molecular weight excluding hydrogens is 242 g/mol.